The Bertz CT molecular complexity index is 628. The fraction of sp³-hybridized carbons (Fsp3) is 0.808. The molecule has 0 bridgehead atoms. The van der Waals surface area contributed by atoms with E-state index in [9.17, 15) is 4.79 Å². The SMILES string of the molecule is C=CC[C@H]1[C@H](CO[Si](C)(C)CC(C)C)[C@@H](OC2CCCCO2)C[C@H]1OCC(=C)C(=O)OCC. The highest BCUT2D eigenvalue weighted by molar-refractivity contribution is 6.71. The van der Waals surface area contributed by atoms with Crippen LogP contribution < -0.4 is 0 Å². The maximum Gasteiger partial charge on any atom is 0.335 e. The third kappa shape index (κ3) is 9.29. The minimum atomic E-state index is -1.78. The first-order valence-corrected chi connectivity index (χ1v) is 15.8. The molecule has 0 spiro atoms. The molecule has 1 heterocycles. The van der Waals surface area contributed by atoms with Gasteiger partial charge in [0.1, 0.15) is 0 Å². The fourth-order valence-electron chi connectivity index (χ4n) is 5.11. The number of hydrogen-bond donors (Lipinski definition) is 0. The average molecular weight is 483 g/mol. The van der Waals surface area contributed by atoms with E-state index < -0.39 is 14.3 Å². The van der Waals surface area contributed by atoms with Crippen LogP contribution in [-0.4, -0.2) is 59.2 Å². The summed E-state index contributed by atoms with van der Waals surface area (Å²) in [6.45, 7) is 20.6. The van der Waals surface area contributed by atoms with Crippen LogP contribution in [0, 0.1) is 17.8 Å². The number of allylic oxidation sites excluding steroid dienone is 1. The molecule has 6 nitrogen and oxygen atoms in total. The molecule has 7 heteroatoms. The van der Waals surface area contributed by atoms with Crippen molar-refractivity contribution in [3.63, 3.8) is 0 Å². The van der Waals surface area contributed by atoms with Crippen molar-refractivity contribution in [2.45, 2.75) is 90.5 Å². The molecule has 2 rings (SSSR count). The van der Waals surface area contributed by atoms with E-state index in [0.29, 0.717) is 24.7 Å². The molecule has 1 unspecified atom stereocenters. The van der Waals surface area contributed by atoms with Gasteiger partial charge in [-0.1, -0.05) is 26.5 Å². The van der Waals surface area contributed by atoms with Gasteiger partial charge in [-0.2, -0.15) is 0 Å². The van der Waals surface area contributed by atoms with Crippen molar-refractivity contribution < 1.29 is 28.2 Å². The topological polar surface area (TPSA) is 63.2 Å². The Labute approximate surface area is 202 Å². The number of hydrogen-bond acceptors (Lipinski definition) is 6. The third-order valence-corrected chi connectivity index (χ3v) is 9.22. The molecule has 2 fully saturated rings. The van der Waals surface area contributed by atoms with E-state index in [1.807, 2.05) is 6.08 Å². The van der Waals surface area contributed by atoms with Crippen molar-refractivity contribution in [3.05, 3.63) is 24.8 Å². The lowest BCUT2D eigenvalue weighted by Crippen LogP contribution is -2.39. The number of carbonyl (C=O) groups is 1. The number of esters is 1. The second-order valence-electron chi connectivity index (χ2n) is 10.4. The van der Waals surface area contributed by atoms with Crippen LogP contribution in [0.25, 0.3) is 0 Å². The van der Waals surface area contributed by atoms with E-state index in [-0.39, 0.29) is 36.9 Å². The lowest BCUT2D eigenvalue weighted by molar-refractivity contribution is -0.197. The van der Waals surface area contributed by atoms with Crippen LogP contribution in [0.1, 0.15) is 52.9 Å². The zero-order chi connectivity index (χ0) is 24.4. The van der Waals surface area contributed by atoms with Gasteiger partial charge in [0.25, 0.3) is 0 Å². The third-order valence-electron chi connectivity index (χ3n) is 6.48. The number of ether oxygens (including phenoxy) is 4. The highest BCUT2D eigenvalue weighted by atomic mass is 28.4. The Hall–Kier alpha value is -0.993. The summed E-state index contributed by atoms with van der Waals surface area (Å²) >= 11 is 0. The molecule has 1 aliphatic heterocycles. The van der Waals surface area contributed by atoms with E-state index in [2.05, 4.69) is 40.1 Å². The molecule has 0 aromatic heterocycles. The Morgan fingerprint density at radius 2 is 1.97 bits per heavy atom. The summed E-state index contributed by atoms with van der Waals surface area (Å²) in [5, 5.41) is 0. The zero-order valence-corrected chi connectivity index (χ0v) is 22.5. The molecule has 190 valence electrons. The van der Waals surface area contributed by atoms with Crippen molar-refractivity contribution in [2.75, 3.05) is 26.4 Å². The largest absolute Gasteiger partial charge is 0.463 e. The van der Waals surface area contributed by atoms with Crippen molar-refractivity contribution in [3.8, 4) is 0 Å². The van der Waals surface area contributed by atoms with Gasteiger partial charge in [-0.3, -0.25) is 0 Å². The van der Waals surface area contributed by atoms with Crippen LogP contribution in [0.2, 0.25) is 19.1 Å². The molecule has 1 saturated carbocycles. The second-order valence-corrected chi connectivity index (χ2v) is 14.6. The quantitative estimate of drug-likeness (QED) is 0.141. The van der Waals surface area contributed by atoms with Crippen molar-refractivity contribution in [1.29, 1.82) is 0 Å². The normalized spacial score (nSPS) is 28.1. The van der Waals surface area contributed by atoms with E-state index in [1.165, 1.54) is 0 Å². The van der Waals surface area contributed by atoms with E-state index in [4.69, 9.17) is 23.4 Å². The van der Waals surface area contributed by atoms with Crippen LogP contribution in [0.3, 0.4) is 0 Å². The first kappa shape index (κ1) is 28.2. The Morgan fingerprint density at radius 3 is 2.58 bits per heavy atom. The molecule has 0 aromatic carbocycles. The van der Waals surface area contributed by atoms with Gasteiger partial charge in [-0.25, -0.2) is 4.79 Å². The first-order chi connectivity index (χ1) is 15.7. The fourth-order valence-corrected chi connectivity index (χ4v) is 7.83. The zero-order valence-electron chi connectivity index (χ0n) is 21.5. The molecule has 5 atom stereocenters. The summed E-state index contributed by atoms with van der Waals surface area (Å²) in [4.78, 5) is 12.0. The molecule has 1 saturated heterocycles. The van der Waals surface area contributed by atoms with Crippen LogP contribution in [0.5, 0.6) is 0 Å². The highest BCUT2D eigenvalue weighted by Crippen LogP contribution is 2.41. The van der Waals surface area contributed by atoms with Gasteiger partial charge in [0.15, 0.2) is 14.6 Å². The Kier molecular flexibility index (Phi) is 11.8. The smallest absolute Gasteiger partial charge is 0.335 e. The van der Waals surface area contributed by atoms with E-state index in [1.54, 1.807) is 6.92 Å². The van der Waals surface area contributed by atoms with Crippen molar-refractivity contribution in [1.82, 2.24) is 0 Å². The monoisotopic (exact) mass is 482 g/mol. The molecular formula is C26H46O6Si. The minimum Gasteiger partial charge on any atom is -0.463 e. The van der Waals surface area contributed by atoms with E-state index >= 15 is 0 Å². The maximum absolute atomic E-state index is 12.0. The predicted molar refractivity (Wildman–Crippen MR) is 133 cm³/mol. The highest BCUT2D eigenvalue weighted by Gasteiger charge is 2.46. The summed E-state index contributed by atoms with van der Waals surface area (Å²) in [5.41, 5.74) is 0.340. The molecule has 33 heavy (non-hydrogen) atoms. The lowest BCUT2D eigenvalue weighted by atomic mass is 9.91. The molecular weight excluding hydrogens is 436 g/mol. The van der Waals surface area contributed by atoms with Crippen LogP contribution in [0.15, 0.2) is 24.8 Å². The molecule has 1 aliphatic carbocycles. The van der Waals surface area contributed by atoms with Gasteiger partial charge in [0.2, 0.25) is 0 Å². The Morgan fingerprint density at radius 1 is 1.21 bits per heavy atom. The lowest BCUT2D eigenvalue weighted by Gasteiger charge is -2.33. The van der Waals surface area contributed by atoms with Crippen LogP contribution >= 0.6 is 0 Å². The van der Waals surface area contributed by atoms with Crippen molar-refractivity contribution >= 4 is 14.3 Å². The van der Waals surface area contributed by atoms with Crippen molar-refractivity contribution in [2.24, 2.45) is 17.8 Å². The minimum absolute atomic E-state index is 0.0113. The molecule has 0 amide bonds. The van der Waals surface area contributed by atoms with E-state index in [0.717, 1.165) is 44.8 Å². The van der Waals surface area contributed by atoms with Crippen LogP contribution in [0.4, 0.5) is 0 Å². The molecule has 2 aliphatic rings. The van der Waals surface area contributed by atoms with Gasteiger partial charge >= 0.3 is 5.97 Å². The predicted octanol–water partition coefficient (Wildman–Crippen LogP) is 5.49. The molecule has 0 radical (unpaired) electrons. The molecule has 0 aromatic rings. The van der Waals surface area contributed by atoms with Crippen LogP contribution in [-0.2, 0) is 28.2 Å². The van der Waals surface area contributed by atoms with Gasteiger partial charge in [0.05, 0.1) is 31.0 Å². The average Bonchev–Trinajstić information content (AvgIpc) is 3.07. The summed E-state index contributed by atoms with van der Waals surface area (Å²) in [6.07, 6.45) is 6.41. The van der Waals surface area contributed by atoms with Gasteiger partial charge in [-0.05, 0) is 63.6 Å². The van der Waals surface area contributed by atoms with Gasteiger partial charge < -0.3 is 23.4 Å². The summed E-state index contributed by atoms with van der Waals surface area (Å²) in [5.74, 6) is 0.607. The Balaban J connectivity index is 2.11. The number of rotatable bonds is 14. The van der Waals surface area contributed by atoms with Gasteiger partial charge in [0, 0.05) is 25.6 Å². The summed E-state index contributed by atoms with van der Waals surface area (Å²) in [7, 11) is -1.78. The maximum atomic E-state index is 12.0. The molecule has 0 N–H and O–H groups in total. The van der Waals surface area contributed by atoms with Gasteiger partial charge in [-0.15, -0.1) is 6.58 Å². The standard InChI is InChI=1S/C26H46O6Si/c1-8-12-21-22(17-31-33(6,7)18-19(3)4)24(32-25-13-10-11-14-29-25)15-23(21)30-16-20(5)26(27)28-9-2/h8,19,21-25H,1,5,9-18H2,2-4,6-7H3/t21-,22-,23+,24-,25?/m0/s1. The number of carbonyl (C=O) groups excluding carboxylic acids is 1. The summed E-state index contributed by atoms with van der Waals surface area (Å²) < 4.78 is 30.3. The second kappa shape index (κ2) is 13.8. The first-order valence-electron chi connectivity index (χ1n) is 12.6. The summed E-state index contributed by atoms with van der Waals surface area (Å²) in [6, 6.07) is 1.13.